The molecule has 4 rings (SSSR count). The maximum absolute atomic E-state index is 12.6. The van der Waals surface area contributed by atoms with Gasteiger partial charge in [0.05, 0.1) is 24.2 Å². The van der Waals surface area contributed by atoms with Crippen LogP contribution in [0.4, 0.5) is 0 Å². The summed E-state index contributed by atoms with van der Waals surface area (Å²) in [6.07, 6.45) is 2.48. The highest BCUT2D eigenvalue weighted by Gasteiger charge is 2.53. The molecule has 3 aliphatic heterocycles. The number of hydrogen-bond donors (Lipinski definition) is 2. The van der Waals surface area contributed by atoms with Crippen LogP contribution in [-0.4, -0.2) is 36.0 Å². The topological polar surface area (TPSA) is 94.1 Å². The van der Waals surface area contributed by atoms with Crippen molar-refractivity contribution in [2.75, 3.05) is 6.79 Å². The van der Waals surface area contributed by atoms with Gasteiger partial charge in [-0.15, -0.1) is 0 Å². The number of aliphatic carboxylic acids is 1. The van der Waals surface area contributed by atoms with Gasteiger partial charge in [-0.3, -0.25) is 9.59 Å². The molecule has 2 N–H and O–H groups in total. The molecule has 0 aromatic heterocycles. The van der Waals surface area contributed by atoms with Crippen molar-refractivity contribution in [1.82, 2.24) is 5.32 Å². The number of hydrogen-bond acceptors (Lipinski definition) is 5. The van der Waals surface area contributed by atoms with E-state index in [0.717, 1.165) is 5.56 Å². The average Bonchev–Trinajstić information content (AvgIpc) is 3.28. The normalized spacial score (nSPS) is 30.4. The molecule has 1 aromatic carbocycles. The van der Waals surface area contributed by atoms with Gasteiger partial charge in [0.25, 0.3) is 0 Å². The first kappa shape index (κ1) is 15.0. The Morgan fingerprint density at radius 3 is 2.62 bits per heavy atom. The Kier molecular flexibility index (Phi) is 3.45. The molecule has 3 aliphatic rings. The van der Waals surface area contributed by atoms with Gasteiger partial charge < -0.3 is 24.6 Å². The summed E-state index contributed by atoms with van der Waals surface area (Å²) < 4.78 is 16.1. The number of carbonyl (C=O) groups is 2. The van der Waals surface area contributed by atoms with Gasteiger partial charge in [0, 0.05) is 0 Å². The molecule has 24 heavy (non-hydrogen) atoms. The molecule has 2 bridgehead atoms. The highest BCUT2D eigenvalue weighted by molar-refractivity contribution is 5.87. The van der Waals surface area contributed by atoms with Crippen LogP contribution in [0, 0.1) is 11.8 Å². The largest absolute Gasteiger partial charge is 0.481 e. The number of benzene rings is 1. The van der Waals surface area contributed by atoms with E-state index >= 15 is 0 Å². The molecule has 7 heteroatoms. The number of fused-ring (bicyclic) bond motifs is 3. The summed E-state index contributed by atoms with van der Waals surface area (Å²) >= 11 is 0. The van der Waals surface area contributed by atoms with Crippen molar-refractivity contribution in [3.63, 3.8) is 0 Å². The van der Waals surface area contributed by atoms with Crippen molar-refractivity contribution < 1.29 is 28.9 Å². The molecular weight excluding hydrogens is 314 g/mol. The molecular formula is C17H17NO6. The minimum atomic E-state index is -1.01. The lowest BCUT2D eigenvalue weighted by molar-refractivity contribution is -0.146. The third kappa shape index (κ3) is 2.32. The third-order valence-corrected chi connectivity index (χ3v) is 4.74. The smallest absolute Gasteiger partial charge is 0.310 e. The lowest BCUT2D eigenvalue weighted by Crippen LogP contribution is -2.43. The van der Waals surface area contributed by atoms with Crippen molar-refractivity contribution in [3.05, 3.63) is 35.9 Å². The fourth-order valence-corrected chi connectivity index (χ4v) is 3.49. The Labute approximate surface area is 138 Å². The van der Waals surface area contributed by atoms with Crippen LogP contribution in [0.3, 0.4) is 0 Å². The van der Waals surface area contributed by atoms with Gasteiger partial charge >= 0.3 is 5.97 Å². The van der Waals surface area contributed by atoms with Crippen molar-refractivity contribution in [2.45, 2.75) is 25.2 Å². The van der Waals surface area contributed by atoms with Crippen LogP contribution in [0.15, 0.2) is 30.4 Å². The molecule has 1 saturated heterocycles. The summed E-state index contributed by atoms with van der Waals surface area (Å²) in [6, 6.07) is 5.18. The number of ether oxygens (including phenoxy) is 3. The molecule has 0 radical (unpaired) electrons. The van der Waals surface area contributed by atoms with Gasteiger partial charge in [-0.1, -0.05) is 18.2 Å². The zero-order chi connectivity index (χ0) is 16.8. The number of carboxylic acid groups (broad SMARTS) is 1. The van der Waals surface area contributed by atoms with Gasteiger partial charge in [-0.25, -0.2) is 0 Å². The summed E-state index contributed by atoms with van der Waals surface area (Å²) in [6.45, 7) is 2.03. The Hall–Kier alpha value is -2.54. The van der Waals surface area contributed by atoms with E-state index in [-0.39, 0.29) is 18.7 Å². The van der Waals surface area contributed by atoms with E-state index in [1.807, 2.05) is 19.1 Å². The molecule has 0 aliphatic carbocycles. The Bertz CT molecular complexity index is 730. The number of amides is 1. The van der Waals surface area contributed by atoms with E-state index in [1.165, 1.54) is 0 Å². The zero-order valence-electron chi connectivity index (χ0n) is 13.0. The molecule has 5 atom stereocenters. The van der Waals surface area contributed by atoms with E-state index in [9.17, 15) is 14.7 Å². The highest BCUT2D eigenvalue weighted by Crippen LogP contribution is 2.40. The minimum Gasteiger partial charge on any atom is -0.481 e. The predicted molar refractivity (Wildman–Crippen MR) is 81.5 cm³/mol. The molecule has 7 nitrogen and oxygen atoms in total. The summed E-state index contributed by atoms with van der Waals surface area (Å²) in [5, 5.41) is 12.3. The summed E-state index contributed by atoms with van der Waals surface area (Å²) in [5.41, 5.74) is 0.860. The van der Waals surface area contributed by atoms with E-state index in [2.05, 4.69) is 5.32 Å². The van der Waals surface area contributed by atoms with Crippen LogP contribution in [-0.2, 0) is 14.3 Å². The van der Waals surface area contributed by atoms with Crippen molar-refractivity contribution in [1.29, 1.82) is 0 Å². The van der Waals surface area contributed by atoms with Gasteiger partial charge in [0.1, 0.15) is 5.92 Å². The van der Waals surface area contributed by atoms with Gasteiger partial charge in [-0.05, 0) is 24.6 Å². The number of carboxylic acids is 1. The SMILES string of the molecule is C[C@@H](NC(=O)[C@H]1[C@@H](C(=O)O)[C@H]2C=C[C@@H]1O2)c1ccc2c(c1)OCO2. The van der Waals surface area contributed by atoms with Crippen molar-refractivity contribution in [3.8, 4) is 11.5 Å². The first-order valence-corrected chi connectivity index (χ1v) is 7.81. The highest BCUT2D eigenvalue weighted by atomic mass is 16.7. The van der Waals surface area contributed by atoms with Crippen molar-refractivity contribution in [2.24, 2.45) is 11.8 Å². The molecule has 0 saturated carbocycles. The quantitative estimate of drug-likeness (QED) is 0.807. The van der Waals surface area contributed by atoms with Gasteiger partial charge in [-0.2, -0.15) is 0 Å². The molecule has 3 heterocycles. The summed E-state index contributed by atoms with van der Waals surface area (Å²) in [7, 11) is 0. The second kappa shape index (κ2) is 5.52. The second-order valence-electron chi connectivity index (χ2n) is 6.18. The second-order valence-corrected chi connectivity index (χ2v) is 6.18. The van der Waals surface area contributed by atoms with Crippen LogP contribution in [0.5, 0.6) is 11.5 Å². The Morgan fingerprint density at radius 2 is 1.88 bits per heavy atom. The van der Waals surface area contributed by atoms with E-state index in [0.29, 0.717) is 11.5 Å². The maximum atomic E-state index is 12.6. The van der Waals surface area contributed by atoms with Gasteiger partial charge in [0.2, 0.25) is 12.7 Å². The van der Waals surface area contributed by atoms with E-state index in [4.69, 9.17) is 14.2 Å². The van der Waals surface area contributed by atoms with Crippen LogP contribution >= 0.6 is 0 Å². The average molecular weight is 331 g/mol. The summed E-state index contributed by atoms with van der Waals surface area (Å²) in [4.78, 5) is 24.1. The zero-order valence-corrected chi connectivity index (χ0v) is 13.0. The monoisotopic (exact) mass is 331 g/mol. The fraction of sp³-hybridized carbons (Fsp3) is 0.412. The fourth-order valence-electron chi connectivity index (χ4n) is 3.49. The molecule has 1 aromatic rings. The Morgan fingerprint density at radius 1 is 1.17 bits per heavy atom. The van der Waals surface area contributed by atoms with Crippen LogP contribution in [0.1, 0.15) is 18.5 Å². The van der Waals surface area contributed by atoms with E-state index in [1.54, 1.807) is 18.2 Å². The molecule has 126 valence electrons. The number of nitrogens with one attached hydrogen (secondary N) is 1. The van der Waals surface area contributed by atoms with Gasteiger partial charge in [0.15, 0.2) is 11.5 Å². The molecule has 1 fully saturated rings. The number of rotatable bonds is 4. The minimum absolute atomic E-state index is 0.189. The van der Waals surface area contributed by atoms with Crippen LogP contribution < -0.4 is 14.8 Å². The lowest BCUT2D eigenvalue weighted by Gasteiger charge is -2.23. The van der Waals surface area contributed by atoms with E-state index < -0.39 is 30.0 Å². The van der Waals surface area contributed by atoms with Crippen LogP contribution in [0.25, 0.3) is 0 Å². The predicted octanol–water partition coefficient (Wildman–Crippen LogP) is 1.25. The Balaban J connectivity index is 1.49. The molecule has 0 unspecified atom stereocenters. The maximum Gasteiger partial charge on any atom is 0.310 e. The lowest BCUT2D eigenvalue weighted by atomic mass is 9.82. The standard InChI is InChI=1S/C17H17NO6/c1-8(9-2-3-10-13(6-9)23-7-22-10)18-16(19)14-11-4-5-12(24-11)15(14)17(20)21/h2-6,8,11-12,14-15H,7H2,1H3,(H,18,19)(H,20,21)/t8-,11+,12-,14-,15+/m1/s1. The molecule has 0 spiro atoms. The molecule has 1 amide bonds. The summed E-state index contributed by atoms with van der Waals surface area (Å²) in [5.74, 6) is -1.57. The first-order valence-electron chi connectivity index (χ1n) is 7.81. The van der Waals surface area contributed by atoms with Crippen molar-refractivity contribution >= 4 is 11.9 Å². The first-order chi connectivity index (χ1) is 11.5. The van der Waals surface area contributed by atoms with Crippen LogP contribution in [0.2, 0.25) is 0 Å². The third-order valence-electron chi connectivity index (χ3n) is 4.74. The number of carbonyl (C=O) groups excluding carboxylic acids is 1.